The molecule has 0 aliphatic rings. The Labute approximate surface area is 164 Å². The molecule has 0 fully saturated rings. The van der Waals surface area contributed by atoms with Crippen molar-refractivity contribution in [1.82, 2.24) is 19.6 Å². The fourth-order valence-electron chi connectivity index (χ4n) is 2.52. The molecule has 2 heterocycles. The number of nitrogens with one attached hydrogen (secondary N) is 1. The van der Waals surface area contributed by atoms with Gasteiger partial charge in [0, 0.05) is 33.6 Å². The Morgan fingerprint density at radius 3 is 2.56 bits per heavy atom. The Kier molecular flexibility index (Phi) is 5.48. The van der Waals surface area contributed by atoms with E-state index < -0.39 is 18.4 Å². The molecule has 2 N–H and O–H groups in total. The van der Waals surface area contributed by atoms with Crippen molar-refractivity contribution in [2.24, 2.45) is 0 Å². The number of carbonyl (C=O) groups excluding carboxylic acids is 1. The van der Waals surface area contributed by atoms with E-state index in [1.165, 1.54) is 12.3 Å². The van der Waals surface area contributed by atoms with Crippen LogP contribution in [0.15, 0.2) is 36.5 Å². The largest absolute Gasteiger partial charge is 0.480 e. The summed E-state index contributed by atoms with van der Waals surface area (Å²) < 4.78 is 2.77. The van der Waals surface area contributed by atoms with Crippen LogP contribution < -0.4 is 5.32 Å². The van der Waals surface area contributed by atoms with Gasteiger partial charge in [0.05, 0.1) is 6.54 Å². The fraction of sp³-hybridized carbons (Fsp3) is 0.176. The number of rotatable bonds is 6. The van der Waals surface area contributed by atoms with E-state index in [0.29, 0.717) is 22.4 Å². The van der Waals surface area contributed by atoms with Gasteiger partial charge >= 0.3 is 5.97 Å². The van der Waals surface area contributed by atoms with Gasteiger partial charge in [0.15, 0.2) is 5.82 Å². The molecular weight excluding hydrogens is 393 g/mol. The van der Waals surface area contributed by atoms with Crippen LogP contribution in [0.1, 0.15) is 21.7 Å². The quantitative estimate of drug-likeness (QED) is 0.653. The van der Waals surface area contributed by atoms with Crippen LogP contribution in [0.4, 0.5) is 5.82 Å². The summed E-state index contributed by atoms with van der Waals surface area (Å²) in [4.78, 5) is 23.3. The molecule has 3 rings (SSSR count). The lowest BCUT2D eigenvalue weighted by atomic mass is 10.2. The number of aromatic nitrogens is 4. The molecule has 140 valence electrons. The monoisotopic (exact) mass is 407 g/mol. The number of carbonyl (C=O) groups is 2. The first kappa shape index (κ1) is 18.9. The van der Waals surface area contributed by atoms with E-state index in [0.717, 1.165) is 15.9 Å². The number of aliphatic carboxylic acids is 1. The van der Waals surface area contributed by atoms with Gasteiger partial charge in [-0.25, -0.2) is 4.68 Å². The summed E-state index contributed by atoms with van der Waals surface area (Å²) in [6.07, 6.45) is 1.36. The molecule has 0 aliphatic carbocycles. The van der Waals surface area contributed by atoms with Crippen molar-refractivity contribution in [2.75, 3.05) is 5.32 Å². The molecule has 10 heteroatoms. The number of aryl methyl sites for hydroxylation is 1. The number of hydrogen-bond donors (Lipinski definition) is 2. The van der Waals surface area contributed by atoms with Gasteiger partial charge in [-0.05, 0) is 25.1 Å². The number of carboxylic acids is 1. The number of halogens is 2. The Bertz CT molecular complexity index is 992. The van der Waals surface area contributed by atoms with Gasteiger partial charge in [-0.1, -0.05) is 29.3 Å². The van der Waals surface area contributed by atoms with Crippen LogP contribution in [0.5, 0.6) is 0 Å². The highest BCUT2D eigenvalue weighted by molar-refractivity contribution is 6.35. The molecule has 0 unspecified atom stereocenters. The first-order valence-corrected chi connectivity index (χ1v) is 8.63. The molecule has 0 aliphatic heterocycles. The molecule has 0 saturated heterocycles. The van der Waals surface area contributed by atoms with Crippen molar-refractivity contribution in [3.8, 4) is 0 Å². The number of nitrogens with zero attached hydrogens (tertiary/aromatic N) is 4. The van der Waals surface area contributed by atoms with Gasteiger partial charge in [-0.15, -0.1) is 0 Å². The summed E-state index contributed by atoms with van der Waals surface area (Å²) in [6.45, 7) is 1.77. The van der Waals surface area contributed by atoms with Crippen LogP contribution in [-0.4, -0.2) is 36.5 Å². The highest BCUT2D eigenvalue weighted by Gasteiger charge is 2.16. The zero-order valence-corrected chi connectivity index (χ0v) is 15.7. The van der Waals surface area contributed by atoms with Gasteiger partial charge in [0.2, 0.25) is 0 Å². The van der Waals surface area contributed by atoms with Gasteiger partial charge in [-0.3, -0.25) is 14.3 Å². The molecule has 2 aromatic heterocycles. The van der Waals surface area contributed by atoms with E-state index in [-0.39, 0.29) is 5.69 Å². The van der Waals surface area contributed by atoms with Gasteiger partial charge in [-0.2, -0.15) is 10.2 Å². The van der Waals surface area contributed by atoms with Gasteiger partial charge in [0.25, 0.3) is 5.91 Å². The molecule has 8 nitrogen and oxygen atoms in total. The van der Waals surface area contributed by atoms with Crippen LogP contribution in [0, 0.1) is 6.92 Å². The lowest BCUT2D eigenvalue weighted by molar-refractivity contribution is -0.137. The van der Waals surface area contributed by atoms with Crippen molar-refractivity contribution in [1.29, 1.82) is 0 Å². The summed E-state index contributed by atoms with van der Waals surface area (Å²) in [7, 11) is 0. The van der Waals surface area contributed by atoms with E-state index in [2.05, 4.69) is 15.5 Å². The normalized spacial score (nSPS) is 10.8. The third-order valence-electron chi connectivity index (χ3n) is 3.83. The van der Waals surface area contributed by atoms with Crippen molar-refractivity contribution in [3.63, 3.8) is 0 Å². The molecule has 0 atom stereocenters. The zero-order chi connectivity index (χ0) is 19.6. The van der Waals surface area contributed by atoms with Crippen molar-refractivity contribution < 1.29 is 14.7 Å². The fourth-order valence-corrected chi connectivity index (χ4v) is 3.04. The second-order valence-corrected chi connectivity index (χ2v) is 6.57. The highest BCUT2D eigenvalue weighted by atomic mass is 35.5. The van der Waals surface area contributed by atoms with E-state index in [9.17, 15) is 9.59 Å². The number of anilines is 1. The molecule has 3 aromatic rings. The first-order chi connectivity index (χ1) is 12.8. The van der Waals surface area contributed by atoms with Crippen LogP contribution >= 0.6 is 23.2 Å². The Balaban J connectivity index is 1.78. The predicted molar refractivity (Wildman–Crippen MR) is 100 cm³/mol. The van der Waals surface area contributed by atoms with Crippen LogP contribution in [0.25, 0.3) is 0 Å². The summed E-state index contributed by atoms with van der Waals surface area (Å²) in [5, 5.41) is 20.8. The number of carboxylic acid groups (broad SMARTS) is 1. The maximum atomic E-state index is 12.4. The van der Waals surface area contributed by atoms with Crippen LogP contribution in [0.3, 0.4) is 0 Å². The number of amides is 1. The molecular formula is C17H15Cl2N5O3. The molecule has 0 bridgehead atoms. The topological polar surface area (TPSA) is 102 Å². The summed E-state index contributed by atoms with van der Waals surface area (Å²) in [5.41, 5.74) is 1.64. The second kappa shape index (κ2) is 7.81. The minimum atomic E-state index is -1.09. The van der Waals surface area contributed by atoms with Crippen molar-refractivity contribution in [2.45, 2.75) is 20.0 Å². The van der Waals surface area contributed by atoms with Gasteiger partial charge < -0.3 is 10.4 Å². The Morgan fingerprint density at radius 2 is 1.89 bits per heavy atom. The number of hydrogen-bond acceptors (Lipinski definition) is 4. The molecule has 27 heavy (non-hydrogen) atoms. The molecule has 1 aromatic carbocycles. The van der Waals surface area contributed by atoms with Crippen LogP contribution in [-0.2, 0) is 17.9 Å². The lowest BCUT2D eigenvalue weighted by Crippen LogP contribution is -2.21. The Morgan fingerprint density at radius 1 is 1.19 bits per heavy atom. The zero-order valence-electron chi connectivity index (χ0n) is 14.2. The standard InChI is InChI=1S/C17H15Cl2N5O3/c1-10-7-15(21-17(27)14-5-6-20-24(14)9-16(25)26)22-23(10)8-11-12(18)3-2-4-13(11)19/h2-7H,8-9H2,1H3,(H,25,26)(H,21,22,27). The average molecular weight is 408 g/mol. The minimum absolute atomic E-state index is 0.124. The van der Waals surface area contributed by atoms with E-state index in [1.807, 2.05) is 6.92 Å². The first-order valence-electron chi connectivity index (χ1n) is 7.87. The summed E-state index contributed by atoms with van der Waals surface area (Å²) >= 11 is 12.4. The SMILES string of the molecule is Cc1cc(NC(=O)c2ccnn2CC(=O)O)nn1Cc1c(Cl)cccc1Cl. The highest BCUT2D eigenvalue weighted by Crippen LogP contribution is 2.25. The third kappa shape index (κ3) is 4.29. The van der Waals surface area contributed by atoms with E-state index in [1.54, 1.807) is 28.9 Å². The van der Waals surface area contributed by atoms with Crippen LogP contribution in [0.2, 0.25) is 10.0 Å². The van der Waals surface area contributed by atoms with Crippen molar-refractivity contribution in [3.05, 3.63) is 63.5 Å². The molecule has 0 saturated carbocycles. The maximum absolute atomic E-state index is 12.4. The molecule has 0 radical (unpaired) electrons. The van der Waals surface area contributed by atoms with Gasteiger partial charge in [0.1, 0.15) is 12.2 Å². The Hall–Kier alpha value is -2.84. The molecule has 0 spiro atoms. The minimum Gasteiger partial charge on any atom is -0.480 e. The number of benzene rings is 1. The third-order valence-corrected chi connectivity index (χ3v) is 4.53. The average Bonchev–Trinajstić information content (AvgIpc) is 3.17. The maximum Gasteiger partial charge on any atom is 0.325 e. The smallest absolute Gasteiger partial charge is 0.325 e. The van der Waals surface area contributed by atoms with E-state index >= 15 is 0 Å². The molecule has 1 amide bonds. The summed E-state index contributed by atoms with van der Waals surface area (Å²) in [5.74, 6) is -1.28. The van der Waals surface area contributed by atoms with Crippen molar-refractivity contribution >= 4 is 40.9 Å². The predicted octanol–water partition coefficient (Wildman–Crippen LogP) is 3.08. The second-order valence-electron chi connectivity index (χ2n) is 5.75. The van der Waals surface area contributed by atoms with E-state index in [4.69, 9.17) is 28.3 Å². The lowest BCUT2D eigenvalue weighted by Gasteiger charge is -2.08. The summed E-state index contributed by atoms with van der Waals surface area (Å²) in [6, 6.07) is 8.38.